The van der Waals surface area contributed by atoms with Gasteiger partial charge in [-0.3, -0.25) is 14.6 Å². The number of nitrogens with one attached hydrogen (secondary N) is 1. The van der Waals surface area contributed by atoms with Crippen LogP contribution in [-0.2, 0) is 32.2 Å². The molecule has 2 aromatic rings. The molecule has 1 atom stereocenters. The first-order valence-electron chi connectivity index (χ1n) is 15.5. The van der Waals surface area contributed by atoms with E-state index in [2.05, 4.69) is 30.7 Å². The Bertz CT molecular complexity index is 1300. The third-order valence-corrected chi connectivity index (χ3v) is 7.22. The highest BCUT2D eigenvalue weighted by molar-refractivity contribution is 5.99. The van der Waals surface area contributed by atoms with Gasteiger partial charge in [-0.15, -0.1) is 0 Å². The van der Waals surface area contributed by atoms with Crippen molar-refractivity contribution in [3.05, 3.63) is 89.2 Å². The normalized spacial score (nSPS) is 12.8. The summed E-state index contributed by atoms with van der Waals surface area (Å²) in [5, 5.41) is 2.89. The van der Waals surface area contributed by atoms with Crippen LogP contribution < -0.4 is 10.1 Å². The van der Waals surface area contributed by atoms with Gasteiger partial charge in [0.25, 0.3) is 5.91 Å². The fraction of sp³-hybridized carbons (Fsp3) is 0.472. The second-order valence-corrected chi connectivity index (χ2v) is 11.3. The number of esters is 1. The number of hydrogen-bond donors (Lipinski definition) is 1. The van der Waals surface area contributed by atoms with Crippen LogP contribution in [0.25, 0.3) is 5.57 Å². The van der Waals surface area contributed by atoms with Crippen molar-refractivity contribution in [3.8, 4) is 5.75 Å². The van der Waals surface area contributed by atoms with Gasteiger partial charge in [0, 0.05) is 24.7 Å². The Balaban J connectivity index is 2.40. The molecule has 0 saturated carbocycles. The average molecular weight is 609 g/mol. The van der Waals surface area contributed by atoms with Gasteiger partial charge in [0.1, 0.15) is 12.4 Å². The number of rotatable bonds is 19. The molecule has 0 aliphatic rings. The number of pyridine rings is 1. The summed E-state index contributed by atoms with van der Waals surface area (Å²) in [7, 11) is 1.40. The molecule has 1 aromatic heterocycles. The van der Waals surface area contributed by atoms with Gasteiger partial charge in [-0.25, -0.2) is 4.39 Å². The zero-order valence-electron chi connectivity index (χ0n) is 27.2. The fourth-order valence-electron chi connectivity index (χ4n) is 4.63. The van der Waals surface area contributed by atoms with Crippen LogP contribution in [0.15, 0.2) is 66.6 Å². The van der Waals surface area contributed by atoms with E-state index < -0.39 is 11.7 Å². The summed E-state index contributed by atoms with van der Waals surface area (Å²) in [5.74, 6) is -0.185. The molecule has 240 valence electrons. The van der Waals surface area contributed by atoms with Crippen molar-refractivity contribution in [3.63, 3.8) is 0 Å². The summed E-state index contributed by atoms with van der Waals surface area (Å²) in [4.78, 5) is 30.4. The minimum atomic E-state index is -0.508. The fourth-order valence-corrected chi connectivity index (χ4v) is 4.63. The smallest absolute Gasteiger partial charge is 0.306 e. The van der Waals surface area contributed by atoms with Crippen molar-refractivity contribution in [2.45, 2.75) is 86.3 Å². The SMILES string of the molecule is C=C/C(OCC(CC)CCCCC)=C(\C=C(/C)c1ncccc1COC(=O)CC(C)C)C(=O)NCc1ccc(OC)c(F)c1. The van der Waals surface area contributed by atoms with Crippen molar-refractivity contribution >= 4 is 17.4 Å². The van der Waals surface area contributed by atoms with Crippen molar-refractivity contribution in [2.75, 3.05) is 13.7 Å². The van der Waals surface area contributed by atoms with E-state index >= 15 is 0 Å². The molecule has 8 heteroatoms. The van der Waals surface area contributed by atoms with Crippen LogP contribution in [0.2, 0.25) is 0 Å². The van der Waals surface area contributed by atoms with Crippen LogP contribution in [0.3, 0.4) is 0 Å². The Morgan fingerprint density at radius 3 is 2.55 bits per heavy atom. The average Bonchev–Trinajstić information content (AvgIpc) is 3.01. The molecule has 0 bridgehead atoms. The lowest BCUT2D eigenvalue weighted by Gasteiger charge is -2.18. The summed E-state index contributed by atoms with van der Waals surface area (Å²) in [6, 6.07) is 8.17. The summed E-state index contributed by atoms with van der Waals surface area (Å²) in [6.07, 6.45) is 10.7. The molecule has 1 heterocycles. The van der Waals surface area contributed by atoms with Gasteiger partial charge in [-0.05, 0) is 66.7 Å². The van der Waals surface area contributed by atoms with Crippen molar-refractivity contribution in [1.29, 1.82) is 0 Å². The van der Waals surface area contributed by atoms with E-state index in [1.807, 2.05) is 26.8 Å². The topological polar surface area (TPSA) is 86.8 Å². The summed E-state index contributed by atoms with van der Waals surface area (Å²) < 4.78 is 31.0. The number of ether oxygens (including phenoxy) is 3. The van der Waals surface area contributed by atoms with Crippen LogP contribution in [0.5, 0.6) is 5.75 Å². The number of halogens is 1. The third kappa shape index (κ3) is 12.0. The lowest BCUT2D eigenvalue weighted by molar-refractivity contribution is -0.145. The van der Waals surface area contributed by atoms with E-state index in [9.17, 15) is 14.0 Å². The predicted octanol–water partition coefficient (Wildman–Crippen LogP) is 8.10. The van der Waals surface area contributed by atoms with Crippen LogP contribution in [-0.4, -0.2) is 30.6 Å². The van der Waals surface area contributed by atoms with Gasteiger partial charge >= 0.3 is 5.97 Å². The summed E-state index contributed by atoms with van der Waals surface area (Å²) in [5.41, 5.74) is 2.84. The van der Waals surface area contributed by atoms with Crippen LogP contribution in [0.1, 0.15) is 90.0 Å². The molecule has 2 rings (SSSR count). The van der Waals surface area contributed by atoms with E-state index in [1.54, 1.807) is 24.4 Å². The molecule has 0 aliphatic carbocycles. The highest BCUT2D eigenvalue weighted by Crippen LogP contribution is 2.24. The number of benzene rings is 1. The molecule has 1 aromatic carbocycles. The van der Waals surface area contributed by atoms with Crippen molar-refractivity contribution < 1.29 is 28.2 Å². The number of nitrogens with zero attached hydrogens (tertiary/aromatic N) is 1. The first-order valence-corrected chi connectivity index (χ1v) is 15.5. The predicted molar refractivity (Wildman–Crippen MR) is 173 cm³/mol. The van der Waals surface area contributed by atoms with Gasteiger partial charge in [-0.1, -0.05) is 72.1 Å². The second-order valence-electron chi connectivity index (χ2n) is 11.3. The molecule has 1 unspecified atom stereocenters. The number of aromatic nitrogens is 1. The number of carbonyl (C=O) groups excluding carboxylic acids is 2. The lowest BCUT2D eigenvalue weighted by Crippen LogP contribution is -2.25. The number of unbranched alkanes of at least 4 members (excludes halogenated alkanes) is 2. The second kappa shape index (κ2) is 19.4. The quantitative estimate of drug-likeness (QED) is 0.0570. The lowest BCUT2D eigenvalue weighted by atomic mass is 9.99. The Kier molecular flexibility index (Phi) is 16.0. The molecule has 0 saturated heterocycles. The number of allylic oxidation sites excluding steroid dienone is 2. The first kappa shape index (κ1) is 36.3. The standard InChI is InChI=1S/C36H49FN2O5/c1-8-11-12-14-27(9-2)23-43-32(10-3)30(36(41)39-22-28-16-17-33(42-7)31(37)21-28)20-26(6)35-29(15-13-18-38-35)24-44-34(40)19-25(4)5/h10,13,15-18,20-21,25,27H,3,8-9,11-12,14,19,22-24H2,1-2,4-7H3,(H,39,41)/b26-20+,32-30-. The van der Waals surface area contributed by atoms with E-state index in [-0.39, 0.29) is 36.4 Å². The van der Waals surface area contributed by atoms with E-state index in [0.717, 1.165) is 31.2 Å². The maximum absolute atomic E-state index is 14.3. The highest BCUT2D eigenvalue weighted by Gasteiger charge is 2.18. The monoisotopic (exact) mass is 608 g/mol. The molecule has 0 aliphatic heterocycles. The first-order chi connectivity index (χ1) is 21.1. The maximum Gasteiger partial charge on any atom is 0.306 e. The summed E-state index contributed by atoms with van der Waals surface area (Å²) in [6.45, 7) is 14.6. The highest BCUT2D eigenvalue weighted by atomic mass is 19.1. The molecule has 0 fully saturated rings. The number of hydrogen-bond acceptors (Lipinski definition) is 6. The van der Waals surface area contributed by atoms with E-state index in [0.29, 0.717) is 41.5 Å². The Hall–Kier alpha value is -3.94. The Morgan fingerprint density at radius 1 is 1.14 bits per heavy atom. The van der Waals surface area contributed by atoms with Gasteiger partial charge < -0.3 is 19.5 Å². The zero-order valence-corrected chi connectivity index (χ0v) is 27.2. The zero-order chi connectivity index (χ0) is 32.5. The maximum atomic E-state index is 14.3. The van der Waals surface area contributed by atoms with Gasteiger partial charge in [0.15, 0.2) is 11.6 Å². The number of methoxy groups -OCH3 is 1. The van der Waals surface area contributed by atoms with Gasteiger partial charge in [0.05, 0.1) is 25.0 Å². The van der Waals surface area contributed by atoms with Gasteiger partial charge in [-0.2, -0.15) is 0 Å². The number of carbonyl (C=O) groups is 2. The van der Waals surface area contributed by atoms with Gasteiger partial charge in [0.2, 0.25) is 0 Å². The third-order valence-electron chi connectivity index (χ3n) is 7.22. The van der Waals surface area contributed by atoms with Crippen molar-refractivity contribution in [1.82, 2.24) is 10.3 Å². The Labute approximate surface area is 262 Å². The minimum Gasteiger partial charge on any atom is -0.494 e. The molecule has 7 nitrogen and oxygen atoms in total. The van der Waals surface area contributed by atoms with E-state index in [1.165, 1.54) is 31.7 Å². The molecule has 1 amide bonds. The largest absolute Gasteiger partial charge is 0.494 e. The molecule has 0 spiro atoms. The van der Waals surface area contributed by atoms with E-state index in [4.69, 9.17) is 14.2 Å². The molecular formula is C36H49FN2O5. The number of amides is 1. The van der Waals surface area contributed by atoms with Crippen molar-refractivity contribution in [2.24, 2.45) is 11.8 Å². The van der Waals surface area contributed by atoms with Crippen LogP contribution in [0, 0.1) is 17.7 Å². The summed E-state index contributed by atoms with van der Waals surface area (Å²) >= 11 is 0. The molecule has 44 heavy (non-hydrogen) atoms. The molecule has 0 radical (unpaired) electrons. The molecule has 1 N–H and O–H groups in total. The Morgan fingerprint density at radius 2 is 1.91 bits per heavy atom. The molecular weight excluding hydrogens is 559 g/mol. The van der Waals surface area contributed by atoms with Crippen LogP contribution in [0.4, 0.5) is 4.39 Å². The van der Waals surface area contributed by atoms with Crippen LogP contribution >= 0.6 is 0 Å². The minimum absolute atomic E-state index is 0.0644.